The van der Waals surface area contributed by atoms with Gasteiger partial charge in [0.2, 0.25) is 5.91 Å². The molecule has 2 saturated heterocycles. The summed E-state index contributed by atoms with van der Waals surface area (Å²) in [6, 6.07) is 4.14. The van der Waals surface area contributed by atoms with E-state index in [-0.39, 0.29) is 17.6 Å². The molecule has 7 heteroatoms. The van der Waals surface area contributed by atoms with E-state index in [1.807, 2.05) is 11.3 Å². The van der Waals surface area contributed by atoms with Crippen molar-refractivity contribution in [3.05, 3.63) is 22.4 Å². The fourth-order valence-corrected chi connectivity index (χ4v) is 4.79. The van der Waals surface area contributed by atoms with Gasteiger partial charge in [0.25, 0.3) is 0 Å². The number of nitrogens with zero attached hydrogens (tertiary/aromatic N) is 2. The summed E-state index contributed by atoms with van der Waals surface area (Å²) in [5.41, 5.74) is -0.0878. The lowest BCUT2D eigenvalue weighted by molar-refractivity contribution is -0.203. The molecule has 2 aliphatic heterocycles. The first-order chi connectivity index (χ1) is 12.7. The van der Waals surface area contributed by atoms with Gasteiger partial charge in [0.05, 0.1) is 13.2 Å². The Balaban J connectivity index is 1.32. The molecule has 1 aromatic heterocycles. The predicted octanol–water partition coefficient (Wildman–Crippen LogP) is 1.18. The van der Waals surface area contributed by atoms with Crippen LogP contribution in [0, 0.1) is 5.92 Å². The predicted molar refractivity (Wildman–Crippen MR) is 101 cm³/mol. The van der Waals surface area contributed by atoms with E-state index in [4.69, 9.17) is 9.47 Å². The van der Waals surface area contributed by atoms with Crippen molar-refractivity contribution in [1.82, 2.24) is 15.1 Å². The number of hydrogen-bond donors (Lipinski definition) is 1. The van der Waals surface area contributed by atoms with Gasteiger partial charge in [-0.05, 0) is 30.2 Å². The molecule has 1 amide bonds. The molecule has 3 heterocycles. The third-order valence-corrected chi connectivity index (χ3v) is 6.42. The van der Waals surface area contributed by atoms with Crippen LogP contribution >= 0.6 is 11.3 Å². The maximum absolute atomic E-state index is 12.6. The molecule has 1 N–H and O–H groups in total. The number of rotatable bonds is 8. The van der Waals surface area contributed by atoms with Crippen LogP contribution in [0.25, 0.3) is 0 Å². The van der Waals surface area contributed by atoms with Crippen molar-refractivity contribution in [2.75, 3.05) is 53.0 Å². The van der Waals surface area contributed by atoms with E-state index in [2.05, 4.69) is 32.6 Å². The first-order valence-electron chi connectivity index (χ1n) is 9.57. The molecule has 0 aromatic carbocycles. The van der Waals surface area contributed by atoms with Crippen molar-refractivity contribution in [2.45, 2.75) is 31.0 Å². The van der Waals surface area contributed by atoms with E-state index in [0.717, 1.165) is 38.6 Å². The molecule has 1 aliphatic carbocycles. The van der Waals surface area contributed by atoms with Gasteiger partial charge in [-0.2, -0.15) is 0 Å². The number of thiophene rings is 1. The standard InChI is InChI=1S/C19H29N3O3S/c1-24-7-6-20-18(23)17-11-25-19(14-22(17)9-15-4-5-15)12-21(13-19)10-16-3-2-8-26-16/h2-3,8,15,17H,4-7,9-14H2,1H3,(H,20,23)/t17-/m1/s1. The van der Waals surface area contributed by atoms with Gasteiger partial charge in [-0.15, -0.1) is 11.3 Å². The molecule has 1 spiro atoms. The zero-order valence-electron chi connectivity index (χ0n) is 15.5. The van der Waals surface area contributed by atoms with Gasteiger partial charge in [-0.25, -0.2) is 0 Å². The molecule has 0 unspecified atom stereocenters. The van der Waals surface area contributed by atoms with E-state index in [0.29, 0.717) is 19.8 Å². The highest BCUT2D eigenvalue weighted by atomic mass is 32.1. The fraction of sp³-hybridized carbons (Fsp3) is 0.737. The maximum Gasteiger partial charge on any atom is 0.239 e. The molecule has 3 fully saturated rings. The van der Waals surface area contributed by atoms with Gasteiger partial charge < -0.3 is 14.8 Å². The van der Waals surface area contributed by atoms with Gasteiger partial charge in [0, 0.05) is 51.3 Å². The summed E-state index contributed by atoms with van der Waals surface area (Å²) in [5.74, 6) is 0.842. The Hall–Kier alpha value is -0.990. The van der Waals surface area contributed by atoms with Gasteiger partial charge >= 0.3 is 0 Å². The van der Waals surface area contributed by atoms with E-state index < -0.39 is 0 Å². The van der Waals surface area contributed by atoms with Crippen LogP contribution in [0.5, 0.6) is 0 Å². The van der Waals surface area contributed by atoms with Crippen molar-refractivity contribution < 1.29 is 14.3 Å². The van der Waals surface area contributed by atoms with E-state index in [1.54, 1.807) is 7.11 Å². The molecule has 6 nitrogen and oxygen atoms in total. The Morgan fingerprint density at radius 3 is 2.96 bits per heavy atom. The molecule has 1 aromatic rings. The second kappa shape index (κ2) is 7.94. The third-order valence-electron chi connectivity index (χ3n) is 5.56. The first-order valence-corrected chi connectivity index (χ1v) is 10.4. The van der Waals surface area contributed by atoms with E-state index >= 15 is 0 Å². The SMILES string of the molecule is COCCNC(=O)[C@H]1COC2(CN(Cc3cccs3)C2)CN1CC1CC1. The number of likely N-dealkylation sites (tertiary alicyclic amines) is 1. The smallest absolute Gasteiger partial charge is 0.239 e. The molecule has 1 saturated carbocycles. The topological polar surface area (TPSA) is 54.0 Å². The number of carbonyl (C=O) groups excluding carboxylic acids is 1. The average molecular weight is 380 g/mol. The molecule has 144 valence electrons. The van der Waals surface area contributed by atoms with Crippen molar-refractivity contribution in [3.8, 4) is 0 Å². The number of methoxy groups -OCH3 is 1. The van der Waals surface area contributed by atoms with E-state index in [1.165, 1.54) is 17.7 Å². The number of hydrogen-bond acceptors (Lipinski definition) is 6. The Kier molecular flexibility index (Phi) is 5.61. The molecule has 4 rings (SSSR count). The monoisotopic (exact) mass is 379 g/mol. The fourth-order valence-electron chi connectivity index (χ4n) is 4.04. The summed E-state index contributed by atoms with van der Waals surface area (Å²) in [5, 5.41) is 5.12. The van der Waals surface area contributed by atoms with E-state index in [9.17, 15) is 4.79 Å². The molecule has 3 aliphatic rings. The van der Waals surface area contributed by atoms with Gasteiger partial charge in [0.1, 0.15) is 11.6 Å². The van der Waals surface area contributed by atoms with Crippen LogP contribution in [0.1, 0.15) is 17.7 Å². The maximum atomic E-state index is 12.6. The molecule has 0 radical (unpaired) electrons. The summed E-state index contributed by atoms with van der Waals surface area (Å²) in [6.07, 6.45) is 2.60. The van der Waals surface area contributed by atoms with Crippen LogP contribution in [0.4, 0.5) is 0 Å². The van der Waals surface area contributed by atoms with Crippen LogP contribution in [0.3, 0.4) is 0 Å². The molecule has 26 heavy (non-hydrogen) atoms. The molecular weight excluding hydrogens is 350 g/mol. The Bertz CT molecular complexity index is 599. The molecule has 1 atom stereocenters. The lowest BCUT2D eigenvalue weighted by atomic mass is 9.90. The van der Waals surface area contributed by atoms with Crippen molar-refractivity contribution in [3.63, 3.8) is 0 Å². The Morgan fingerprint density at radius 2 is 2.27 bits per heavy atom. The van der Waals surface area contributed by atoms with Crippen molar-refractivity contribution >= 4 is 17.2 Å². The second-order valence-corrected chi connectivity index (χ2v) is 8.92. The van der Waals surface area contributed by atoms with Crippen LogP contribution in [0.2, 0.25) is 0 Å². The van der Waals surface area contributed by atoms with Gasteiger partial charge in [-0.1, -0.05) is 6.07 Å². The normalized spacial score (nSPS) is 26.0. The summed E-state index contributed by atoms with van der Waals surface area (Å²) < 4.78 is 11.3. The summed E-state index contributed by atoms with van der Waals surface area (Å²) in [7, 11) is 1.65. The number of amides is 1. The number of morpholine rings is 1. The van der Waals surface area contributed by atoms with Crippen molar-refractivity contribution in [2.24, 2.45) is 5.92 Å². The Labute approximate surface area is 159 Å². The minimum Gasteiger partial charge on any atom is -0.383 e. The number of carbonyl (C=O) groups is 1. The zero-order chi connectivity index (χ0) is 18.0. The van der Waals surface area contributed by atoms with Crippen molar-refractivity contribution in [1.29, 1.82) is 0 Å². The van der Waals surface area contributed by atoms with Crippen LogP contribution in [-0.2, 0) is 20.8 Å². The summed E-state index contributed by atoms with van der Waals surface area (Å²) in [6.45, 7) is 6.43. The number of nitrogens with one attached hydrogen (secondary N) is 1. The number of ether oxygens (including phenoxy) is 2. The van der Waals surface area contributed by atoms with Gasteiger partial charge in [-0.3, -0.25) is 14.6 Å². The summed E-state index contributed by atoms with van der Waals surface area (Å²) >= 11 is 1.81. The minimum atomic E-state index is -0.163. The highest BCUT2D eigenvalue weighted by Gasteiger charge is 2.51. The highest BCUT2D eigenvalue weighted by Crippen LogP contribution is 2.36. The Morgan fingerprint density at radius 1 is 1.42 bits per heavy atom. The molecular formula is C19H29N3O3S. The van der Waals surface area contributed by atoms with Gasteiger partial charge in [0.15, 0.2) is 0 Å². The highest BCUT2D eigenvalue weighted by molar-refractivity contribution is 7.09. The van der Waals surface area contributed by atoms with Crippen LogP contribution in [-0.4, -0.2) is 80.4 Å². The lowest BCUT2D eigenvalue weighted by Crippen LogP contribution is -2.72. The first kappa shape index (κ1) is 18.4. The zero-order valence-corrected chi connectivity index (χ0v) is 16.3. The minimum absolute atomic E-state index is 0.0762. The molecule has 0 bridgehead atoms. The largest absolute Gasteiger partial charge is 0.383 e. The lowest BCUT2D eigenvalue weighted by Gasteiger charge is -2.55. The third kappa shape index (κ3) is 4.28. The quantitative estimate of drug-likeness (QED) is 0.688. The summed E-state index contributed by atoms with van der Waals surface area (Å²) in [4.78, 5) is 18.8. The second-order valence-electron chi connectivity index (χ2n) is 7.89. The average Bonchev–Trinajstić information content (AvgIpc) is 3.26. The van der Waals surface area contributed by atoms with Crippen LogP contribution < -0.4 is 5.32 Å². The van der Waals surface area contributed by atoms with Crippen LogP contribution in [0.15, 0.2) is 17.5 Å².